The zero-order valence-electron chi connectivity index (χ0n) is 18.8. The Morgan fingerprint density at radius 2 is 1.81 bits per heavy atom. The van der Waals surface area contributed by atoms with E-state index in [0.717, 1.165) is 22.3 Å². The lowest BCUT2D eigenvalue weighted by molar-refractivity contribution is -0.124. The average molecular weight is 450 g/mol. The predicted octanol–water partition coefficient (Wildman–Crippen LogP) is 5.40. The summed E-state index contributed by atoms with van der Waals surface area (Å²) in [4.78, 5) is 31.2. The first-order valence-electron chi connectivity index (χ1n) is 11.6. The number of benzene rings is 2. The van der Waals surface area contributed by atoms with Gasteiger partial charge in [-0.2, -0.15) is 4.99 Å². The van der Waals surface area contributed by atoms with E-state index < -0.39 is 6.04 Å². The molecule has 1 atom stereocenters. The topological polar surface area (TPSA) is 63.5 Å². The number of nitrogens with one attached hydrogen (secondary N) is 1. The van der Waals surface area contributed by atoms with Crippen LogP contribution in [0.4, 0.5) is 0 Å². The largest absolute Gasteiger partial charge is 0.354 e. The molecule has 3 aromatic rings. The van der Waals surface area contributed by atoms with E-state index in [1.807, 2.05) is 54.8 Å². The number of fused-ring (bicyclic) bond motifs is 1. The van der Waals surface area contributed by atoms with Crippen molar-refractivity contribution in [3.8, 4) is 0 Å². The van der Waals surface area contributed by atoms with Gasteiger partial charge in [0.1, 0.15) is 6.04 Å². The molecule has 6 heteroatoms. The van der Waals surface area contributed by atoms with Crippen LogP contribution in [0.5, 0.6) is 0 Å². The van der Waals surface area contributed by atoms with Gasteiger partial charge in [-0.05, 0) is 56.4 Å². The number of carbonyl (C=O) groups is 2. The number of aromatic nitrogens is 1. The maximum Gasteiger partial charge on any atom is 0.279 e. The molecule has 1 aliphatic rings. The van der Waals surface area contributed by atoms with Gasteiger partial charge in [0.2, 0.25) is 5.91 Å². The van der Waals surface area contributed by atoms with Crippen molar-refractivity contribution in [3.63, 3.8) is 0 Å². The van der Waals surface area contributed by atoms with Crippen LogP contribution in [0.1, 0.15) is 67.4 Å². The van der Waals surface area contributed by atoms with Gasteiger partial charge < -0.3 is 9.88 Å². The quantitative estimate of drug-likeness (QED) is 0.548. The van der Waals surface area contributed by atoms with Crippen molar-refractivity contribution in [2.24, 2.45) is 10.9 Å². The van der Waals surface area contributed by atoms with Crippen LogP contribution in [0.3, 0.4) is 0 Å². The fraction of sp³-hybridized carbons (Fsp3) is 0.423. The van der Waals surface area contributed by atoms with E-state index >= 15 is 0 Å². The van der Waals surface area contributed by atoms with Crippen LogP contribution in [0.25, 0.3) is 10.2 Å². The van der Waals surface area contributed by atoms with Gasteiger partial charge in [-0.25, -0.2) is 0 Å². The minimum absolute atomic E-state index is 0.00543. The fourth-order valence-corrected chi connectivity index (χ4v) is 5.52. The van der Waals surface area contributed by atoms with Crippen LogP contribution in [0.15, 0.2) is 53.5 Å². The Hall–Kier alpha value is -2.73. The summed E-state index contributed by atoms with van der Waals surface area (Å²) in [5.41, 5.74) is 2.58. The molecular formula is C26H31N3O2S. The highest BCUT2D eigenvalue weighted by atomic mass is 32.1. The van der Waals surface area contributed by atoms with Crippen molar-refractivity contribution in [1.29, 1.82) is 0 Å². The molecule has 0 radical (unpaired) electrons. The summed E-state index contributed by atoms with van der Waals surface area (Å²) < 4.78 is 2.96. The zero-order valence-corrected chi connectivity index (χ0v) is 19.7. The number of para-hydroxylation sites is 1. The molecule has 1 aliphatic carbocycles. The molecule has 1 heterocycles. The summed E-state index contributed by atoms with van der Waals surface area (Å²) in [5.74, 6) is 0.287. The van der Waals surface area contributed by atoms with E-state index in [4.69, 9.17) is 0 Å². The molecule has 0 bridgehead atoms. The van der Waals surface area contributed by atoms with E-state index in [9.17, 15) is 9.59 Å². The van der Waals surface area contributed by atoms with E-state index in [-0.39, 0.29) is 11.8 Å². The van der Waals surface area contributed by atoms with E-state index in [2.05, 4.69) is 10.3 Å². The number of hydrogen-bond donors (Lipinski definition) is 1. The second-order valence-electron chi connectivity index (χ2n) is 8.68. The molecule has 0 aliphatic heterocycles. The Kier molecular flexibility index (Phi) is 7.20. The number of carbonyl (C=O) groups excluding carboxylic acids is 2. The van der Waals surface area contributed by atoms with Crippen LogP contribution >= 0.6 is 11.3 Å². The smallest absolute Gasteiger partial charge is 0.279 e. The van der Waals surface area contributed by atoms with E-state index in [1.165, 1.54) is 43.4 Å². The molecule has 2 aromatic carbocycles. The molecular weight excluding hydrogens is 418 g/mol. The van der Waals surface area contributed by atoms with Crippen molar-refractivity contribution >= 4 is 33.4 Å². The van der Waals surface area contributed by atoms with Gasteiger partial charge in [-0.15, -0.1) is 0 Å². The first kappa shape index (κ1) is 22.5. The average Bonchev–Trinajstić information content (AvgIpc) is 3.17. The van der Waals surface area contributed by atoms with E-state index in [1.54, 1.807) is 12.1 Å². The zero-order chi connectivity index (χ0) is 22.5. The third-order valence-electron chi connectivity index (χ3n) is 6.32. The number of rotatable bonds is 6. The van der Waals surface area contributed by atoms with Gasteiger partial charge >= 0.3 is 0 Å². The molecule has 32 heavy (non-hydrogen) atoms. The lowest BCUT2D eigenvalue weighted by atomic mass is 9.89. The second kappa shape index (κ2) is 10.3. The summed E-state index contributed by atoms with van der Waals surface area (Å²) in [6.07, 6.45) is 6.83. The summed E-state index contributed by atoms with van der Waals surface area (Å²) >= 11 is 1.45. The van der Waals surface area contributed by atoms with Crippen LogP contribution in [0.2, 0.25) is 0 Å². The van der Waals surface area contributed by atoms with Crippen molar-refractivity contribution in [2.75, 3.05) is 6.54 Å². The highest BCUT2D eigenvalue weighted by molar-refractivity contribution is 7.16. The molecule has 0 spiro atoms. The van der Waals surface area contributed by atoms with Gasteiger partial charge in [-0.1, -0.05) is 67.4 Å². The molecule has 1 N–H and O–H groups in total. The van der Waals surface area contributed by atoms with Gasteiger partial charge in [0, 0.05) is 12.1 Å². The summed E-state index contributed by atoms with van der Waals surface area (Å²) in [7, 11) is 0. The normalized spacial score (nSPS) is 16.2. The molecule has 1 fully saturated rings. The van der Waals surface area contributed by atoms with Crippen molar-refractivity contribution in [1.82, 2.24) is 9.88 Å². The molecule has 0 saturated heterocycles. The molecule has 4 rings (SSSR count). The van der Waals surface area contributed by atoms with Gasteiger partial charge in [0.05, 0.1) is 10.2 Å². The molecule has 5 nitrogen and oxygen atoms in total. The first-order valence-corrected chi connectivity index (χ1v) is 12.4. The lowest BCUT2D eigenvalue weighted by Crippen LogP contribution is -2.38. The van der Waals surface area contributed by atoms with Gasteiger partial charge in [0.25, 0.3) is 5.91 Å². The van der Waals surface area contributed by atoms with E-state index in [0.29, 0.717) is 22.7 Å². The summed E-state index contributed by atoms with van der Waals surface area (Å²) in [6, 6.07) is 15.0. The minimum atomic E-state index is -0.403. The number of aryl methyl sites for hydroxylation is 1. The third kappa shape index (κ3) is 5.01. The molecule has 168 valence electrons. The highest BCUT2D eigenvalue weighted by Crippen LogP contribution is 2.25. The third-order valence-corrected chi connectivity index (χ3v) is 7.35. The Bertz CT molecular complexity index is 1150. The Morgan fingerprint density at radius 3 is 2.53 bits per heavy atom. The molecule has 2 amide bonds. The van der Waals surface area contributed by atoms with Crippen LogP contribution in [-0.2, 0) is 4.79 Å². The lowest BCUT2D eigenvalue weighted by Gasteiger charge is -2.24. The monoisotopic (exact) mass is 449 g/mol. The maximum atomic E-state index is 13.3. The van der Waals surface area contributed by atoms with Crippen molar-refractivity contribution in [2.45, 2.75) is 58.4 Å². The highest BCUT2D eigenvalue weighted by Gasteiger charge is 2.24. The van der Waals surface area contributed by atoms with Crippen molar-refractivity contribution < 1.29 is 9.59 Å². The number of hydrogen-bond acceptors (Lipinski definition) is 3. The predicted molar refractivity (Wildman–Crippen MR) is 130 cm³/mol. The Labute approximate surface area is 193 Å². The van der Waals surface area contributed by atoms with Crippen LogP contribution < -0.4 is 10.1 Å². The van der Waals surface area contributed by atoms with Gasteiger partial charge in [-0.3, -0.25) is 9.59 Å². The van der Waals surface area contributed by atoms with Crippen LogP contribution in [0, 0.1) is 12.8 Å². The van der Waals surface area contributed by atoms with Gasteiger partial charge in [0.15, 0.2) is 4.80 Å². The molecule has 1 unspecified atom stereocenters. The molecule has 1 aromatic heterocycles. The molecule has 1 saturated carbocycles. The van der Waals surface area contributed by atoms with Crippen molar-refractivity contribution in [3.05, 3.63) is 64.5 Å². The Balaban J connectivity index is 1.67. The second-order valence-corrected chi connectivity index (χ2v) is 9.69. The summed E-state index contributed by atoms with van der Waals surface area (Å²) in [6.45, 7) is 4.73. The SMILES string of the molecule is CCC(C(=O)NCC1CCCCC1)n1c(=NC(=O)c2ccc(C)cc2)sc2ccccc21. The summed E-state index contributed by atoms with van der Waals surface area (Å²) in [5, 5.41) is 3.19. The maximum absolute atomic E-state index is 13.3. The first-order chi connectivity index (χ1) is 15.6. The minimum Gasteiger partial charge on any atom is -0.354 e. The fourth-order valence-electron chi connectivity index (χ4n) is 4.46. The number of thiazole rings is 1. The van der Waals surface area contributed by atoms with Crippen LogP contribution in [-0.4, -0.2) is 22.9 Å². The number of nitrogens with zero attached hydrogens (tertiary/aromatic N) is 2. The number of amides is 2. The Morgan fingerprint density at radius 1 is 1.09 bits per heavy atom. The standard InChI is InChI=1S/C26H31N3O2S/c1-3-21(25(31)27-17-19-9-5-4-6-10-19)29-22-11-7-8-12-23(22)32-26(29)28-24(30)20-15-13-18(2)14-16-20/h7-8,11-16,19,21H,3-6,9-10,17H2,1-2H3,(H,27,31).